The summed E-state index contributed by atoms with van der Waals surface area (Å²) in [5.74, 6) is -0.757. The number of carbonyl (C=O) groups is 1. The van der Waals surface area contributed by atoms with Gasteiger partial charge in [0, 0.05) is 0 Å². The van der Waals surface area contributed by atoms with Gasteiger partial charge in [-0.1, -0.05) is 25.2 Å². The topological polar surface area (TPSA) is 37.3 Å². The molecule has 0 aliphatic heterocycles. The second-order valence-electron chi connectivity index (χ2n) is 3.39. The predicted molar refractivity (Wildman–Crippen MR) is 57.1 cm³/mol. The third-order valence-corrected chi connectivity index (χ3v) is 2.45. The molecule has 2 nitrogen and oxygen atoms in total. The van der Waals surface area contributed by atoms with Crippen LogP contribution in [0.15, 0.2) is 34.9 Å². The van der Waals surface area contributed by atoms with Gasteiger partial charge in [-0.05, 0) is 36.5 Å². The first kappa shape index (κ1) is 10.8. The summed E-state index contributed by atoms with van der Waals surface area (Å²) in [5, 5.41) is 8.75. The van der Waals surface area contributed by atoms with Crippen LogP contribution in [0.2, 0.25) is 0 Å². The first-order chi connectivity index (χ1) is 6.67. The molecule has 1 N–H and O–H groups in total. The van der Waals surface area contributed by atoms with Gasteiger partial charge in [-0.3, -0.25) is 4.79 Å². The standard InChI is InChI=1S/C12H16O2/c1-3-9-5-6-10(4-2)11(7-9)8-12(13)14/h3,6-7H,4-5,8H2,1-2H3,(H,13,14)/b9-3-. The van der Waals surface area contributed by atoms with Crippen molar-refractivity contribution < 1.29 is 9.90 Å². The van der Waals surface area contributed by atoms with Crippen LogP contribution in [0.3, 0.4) is 0 Å². The van der Waals surface area contributed by atoms with E-state index in [4.69, 9.17) is 5.11 Å². The molecule has 0 bridgehead atoms. The lowest BCUT2D eigenvalue weighted by atomic mass is 9.91. The van der Waals surface area contributed by atoms with Gasteiger partial charge in [-0.25, -0.2) is 0 Å². The summed E-state index contributed by atoms with van der Waals surface area (Å²) >= 11 is 0. The van der Waals surface area contributed by atoms with Crippen LogP contribution in [0.4, 0.5) is 0 Å². The first-order valence-corrected chi connectivity index (χ1v) is 4.94. The van der Waals surface area contributed by atoms with Crippen LogP contribution in [-0.2, 0) is 4.79 Å². The van der Waals surface area contributed by atoms with Crippen LogP contribution in [0.25, 0.3) is 0 Å². The highest BCUT2D eigenvalue weighted by Crippen LogP contribution is 2.26. The van der Waals surface area contributed by atoms with E-state index in [1.807, 2.05) is 19.1 Å². The number of hydrogen-bond acceptors (Lipinski definition) is 1. The molecule has 0 amide bonds. The van der Waals surface area contributed by atoms with Crippen molar-refractivity contribution in [3.8, 4) is 0 Å². The number of carboxylic acids is 1. The summed E-state index contributed by atoms with van der Waals surface area (Å²) in [6.07, 6.45) is 8.15. The van der Waals surface area contributed by atoms with Gasteiger partial charge in [0.2, 0.25) is 0 Å². The monoisotopic (exact) mass is 192 g/mol. The van der Waals surface area contributed by atoms with Gasteiger partial charge in [-0.15, -0.1) is 0 Å². The smallest absolute Gasteiger partial charge is 0.307 e. The summed E-state index contributed by atoms with van der Waals surface area (Å²) < 4.78 is 0. The Bertz CT molecular complexity index is 319. The third-order valence-electron chi connectivity index (χ3n) is 2.45. The van der Waals surface area contributed by atoms with E-state index in [1.165, 1.54) is 11.1 Å². The van der Waals surface area contributed by atoms with E-state index in [2.05, 4.69) is 13.0 Å². The summed E-state index contributed by atoms with van der Waals surface area (Å²) in [5.41, 5.74) is 3.34. The second-order valence-corrected chi connectivity index (χ2v) is 3.39. The van der Waals surface area contributed by atoms with Crippen LogP contribution in [0, 0.1) is 0 Å². The summed E-state index contributed by atoms with van der Waals surface area (Å²) in [6, 6.07) is 0. The van der Waals surface area contributed by atoms with Gasteiger partial charge >= 0.3 is 5.97 Å². The fourth-order valence-electron chi connectivity index (χ4n) is 1.65. The molecule has 2 heteroatoms. The third kappa shape index (κ3) is 2.59. The Kier molecular flexibility index (Phi) is 3.69. The minimum Gasteiger partial charge on any atom is -0.481 e. The molecular formula is C12H16O2. The highest BCUT2D eigenvalue weighted by Gasteiger charge is 2.12. The molecular weight excluding hydrogens is 176 g/mol. The molecule has 0 atom stereocenters. The molecule has 1 aliphatic carbocycles. The molecule has 0 unspecified atom stereocenters. The Balaban J connectivity index is 2.88. The minimum absolute atomic E-state index is 0.136. The molecule has 0 aromatic heterocycles. The zero-order chi connectivity index (χ0) is 10.6. The van der Waals surface area contributed by atoms with E-state index in [9.17, 15) is 4.79 Å². The number of carboxylic acid groups (broad SMARTS) is 1. The zero-order valence-electron chi connectivity index (χ0n) is 8.71. The lowest BCUT2D eigenvalue weighted by Crippen LogP contribution is -2.03. The molecule has 0 saturated heterocycles. The maximum absolute atomic E-state index is 10.6. The van der Waals surface area contributed by atoms with Crippen molar-refractivity contribution in [3.05, 3.63) is 34.9 Å². The fraction of sp³-hybridized carbons (Fsp3) is 0.417. The van der Waals surface area contributed by atoms with Crippen molar-refractivity contribution in [1.82, 2.24) is 0 Å². The maximum atomic E-state index is 10.6. The van der Waals surface area contributed by atoms with Gasteiger partial charge in [0.15, 0.2) is 0 Å². The molecule has 0 spiro atoms. The molecule has 0 radical (unpaired) electrons. The summed E-state index contributed by atoms with van der Waals surface area (Å²) in [4.78, 5) is 10.6. The van der Waals surface area contributed by atoms with Crippen molar-refractivity contribution in [2.24, 2.45) is 0 Å². The van der Waals surface area contributed by atoms with Gasteiger partial charge in [0.05, 0.1) is 6.42 Å². The molecule has 0 aromatic rings. The number of rotatable bonds is 3. The molecule has 0 fully saturated rings. The largest absolute Gasteiger partial charge is 0.481 e. The Labute approximate surface area is 84.6 Å². The average Bonchev–Trinajstić information content (AvgIpc) is 2.16. The van der Waals surface area contributed by atoms with Gasteiger partial charge < -0.3 is 5.11 Å². The molecule has 14 heavy (non-hydrogen) atoms. The van der Waals surface area contributed by atoms with Crippen LogP contribution >= 0.6 is 0 Å². The number of aliphatic carboxylic acids is 1. The van der Waals surface area contributed by atoms with E-state index >= 15 is 0 Å². The summed E-state index contributed by atoms with van der Waals surface area (Å²) in [6.45, 7) is 4.04. The second kappa shape index (κ2) is 4.80. The van der Waals surface area contributed by atoms with Gasteiger partial charge in [-0.2, -0.15) is 0 Å². The maximum Gasteiger partial charge on any atom is 0.307 e. The average molecular weight is 192 g/mol. The van der Waals surface area contributed by atoms with E-state index in [1.54, 1.807) is 0 Å². The minimum atomic E-state index is -0.757. The van der Waals surface area contributed by atoms with Crippen LogP contribution in [0.5, 0.6) is 0 Å². The molecule has 0 saturated carbocycles. The Morgan fingerprint density at radius 3 is 2.79 bits per heavy atom. The first-order valence-electron chi connectivity index (χ1n) is 4.94. The molecule has 0 heterocycles. The zero-order valence-corrected chi connectivity index (χ0v) is 8.71. The predicted octanol–water partition coefficient (Wildman–Crippen LogP) is 3.07. The van der Waals surface area contributed by atoms with Crippen LogP contribution in [0.1, 0.15) is 33.1 Å². The SMILES string of the molecule is C/C=C1\C=C(CC(=O)O)C(CC)=CC1. The van der Waals surface area contributed by atoms with Crippen molar-refractivity contribution in [2.75, 3.05) is 0 Å². The van der Waals surface area contributed by atoms with E-state index in [0.29, 0.717) is 0 Å². The highest BCUT2D eigenvalue weighted by atomic mass is 16.4. The molecule has 0 aromatic carbocycles. The highest BCUT2D eigenvalue weighted by molar-refractivity contribution is 5.72. The van der Waals surface area contributed by atoms with Crippen molar-refractivity contribution in [3.63, 3.8) is 0 Å². The van der Waals surface area contributed by atoms with Gasteiger partial charge in [0.25, 0.3) is 0 Å². The Morgan fingerprint density at radius 2 is 2.29 bits per heavy atom. The van der Waals surface area contributed by atoms with E-state index in [0.717, 1.165) is 18.4 Å². The lowest BCUT2D eigenvalue weighted by Gasteiger charge is -2.15. The van der Waals surface area contributed by atoms with Crippen molar-refractivity contribution >= 4 is 5.97 Å². The molecule has 1 rings (SSSR count). The molecule has 1 aliphatic rings. The Morgan fingerprint density at radius 1 is 1.57 bits per heavy atom. The lowest BCUT2D eigenvalue weighted by molar-refractivity contribution is -0.136. The number of allylic oxidation sites excluding steroid dienone is 5. The number of hydrogen-bond donors (Lipinski definition) is 1. The molecule has 76 valence electrons. The van der Waals surface area contributed by atoms with E-state index < -0.39 is 5.97 Å². The summed E-state index contributed by atoms with van der Waals surface area (Å²) in [7, 11) is 0. The van der Waals surface area contributed by atoms with Crippen LogP contribution in [-0.4, -0.2) is 11.1 Å². The van der Waals surface area contributed by atoms with Crippen LogP contribution < -0.4 is 0 Å². The van der Waals surface area contributed by atoms with Crippen molar-refractivity contribution in [2.45, 2.75) is 33.1 Å². The quantitative estimate of drug-likeness (QED) is 0.746. The Hall–Kier alpha value is -1.31. The van der Waals surface area contributed by atoms with Crippen molar-refractivity contribution in [1.29, 1.82) is 0 Å². The normalized spacial score (nSPS) is 19.1. The van der Waals surface area contributed by atoms with Gasteiger partial charge in [0.1, 0.15) is 0 Å². The fourth-order valence-corrected chi connectivity index (χ4v) is 1.65. The van der Waals surface area contributed by atoms with E-state index in [-0.39, 0.29) is 6.42 Å².